The molecule has 7 nitrogen and oxygen atoms in total. The first-order chi connectivity index (χ1) is 18.0. The summed E-state index contributed by atoms with van der Waals surface area (Å²) in [6.07, 6.45) is 4.24. The van der Waals surface area contributed by atoms with Crippen molar-refractivity contribution in [2.24, 2.45) is 0 Å². The van der Waals surface area contributed by atoms with Crippen molar-refractivity contribution in [2.45, 2.75) is 18.6 Å². The fourth-order valence-electron chi connectivity index (χ4n) is 5.32. The normalized spacial score (nSPS) is 19.4. The Balaban J connectivity index is 1.56. The Kier molecular flexibility index (Phi) is 6.13. The molecule has 0 bridgehead atoms. The first-order valence-electron chi connectivity index (χ1n) is 12.1. The first kappa shape index (κ1) is 23.6. The average Bonchev–Trinajstić information content (AvgIpc) is 2.91. The van der Waals surface area contributed by atoms with Crippen LogP contribution in [0.3, 0.4) is 0 Å². The zero-order valence-electron chi connectivity index (χ0n) is 19.8. The molecule has 2 aliphatic heterocycles. The molecular weight excluding hydrogens is 493 g/mol. The maximum Gasteiger partial charge on any atom is 0.161 e. The Labute approximate surface area is 218 Å². The summed E-state index contributed by atoms with van der Waals surface area (Å²) in [4.78, 5) is 11.4. The summed E-state index contributed by atoms with van der Waals surface area (Å²) in [5, 5.41) is 24.7. The molecule has 0 aliphatic carbocycles. The van der Waals surface area contributed by atoms with Gasteiger partial charge in [-0.2, -0.15) is 5.26 Å². The molecule has 2 saturated heterocycles. The number of piperidine rings is 1. The number of nitriles is 1. The number of anilines is 1. The van der Waals surface area contributed by atoms with Gasteiger partial charge in [0.25, 0.3) is 0 Å². The number of aromatic hydroxyl groups is 1. The van der Waals surface area contributed by atoms with Gasteiger partial charge in [0.1, 0.15) is 17.6 Å². The number of para-hydroxylation sites is 1. The van der Waals surface area contributed by atoms with Crippen LogP contribution in [0.1, 0.15) is 12.0 Å². The largest absolute Gasteiger partial charge is 0.506 e. The van der Waals surface area contributed by atoms with Crippen LogP contribution in [-0.2, 0) is 4.74 Å². The van der Waals surface area contributed by atoms with Gasteiger partial charge in [-0.1, -0.05) is 23.7 Å². The summed E-state index contributed by atoms with van der Waals surface area (Å²) in [6, 6.07) is 13.7. The molecule has 186 valence electrons. The van der Waals surface area contributed by atoms with E-state index in [1.54, 1.807) is 36.7 Å². The highest BCUT2D eigenvalue weighted by atomic mass is 35.5. The van der Waals surface area contributed by atoms with Crippen LogP contribution >= 0.6 is 11.6 Å². The minimum atomic E-state index is -0.433. The number of fused-ring (bicyclic) bond motifs is 2. The smallest absolute Gasteiger partial charge is 0.161 e. The van der Waals surface area contributed by atoms with Gasteiger partial charge >= 0.3 is 0 Å². The van der Waals surface area contributed by atoms with Crippen LogP contribution in [-0.4, -0.2) is 53.5 Å². The predicted octanol–water partition coefficient (Wildman–Crippen LogP) is 4.90. The van der Waals surface area contributed by atoms with E-state index in [1.165, 1.54) is 12.1 Å². The molecule has 0 spiro atoms. The molecule has 37 heavy (non-hydrogen) atoms. The second-order valence-electron chi connectivity index (χ2n) is 9.29. The fourth-order valence-corrected chi connectivity index (χ4v) is 5.54. The molecular formula is C28H23ClFN5O2. The third-order valence-electron chi connectivity index (χ3n) is 7.05. The molecule has 2 aliphatic rings. The van der Waals surface area contributed by atoms with Gasteiger partial charge in [-0.15, -0.1) is 0 Å². The molecule has 4 aromatic rings. The lowest BCUT2D eigenvalue weighted by Gasteiger charge is -2.43. The lowest BCUT2D eigenvalue weighted by atomic mass is 9.95. The highest BCUT2D eigenvalue weighted by Gasteiger charge is 2.34. The van der Waals surface area contributed by atoms with E-state index in [0.29, 0.717) is 40.5 Å². The standard InChI is InChI=1S/C28H23ClFN5O2/c29-19-8-17(9-20(30)11-19)23-14-34-28-22(26(23)35-6-4-24-25(15-35)37-7-5-32-24)10-18(13-33-28)21-3-1-2-16(12-31)27(21)36/h1-3,8-11,13-14,24-25,32,36H,4-7,15H2/t24-,25-/m0/s1. The molecule has 2 fully saturated rings. The maximum atomic E-state index is 14.4. The summed E-state index contributed by atoms with van der Waals surface area (Å²) in [5.41, 5.74) is 4.03. The highest BCUT2D eigenvalue weighted by Crippen LogP contribution is 2.41. The summed E-state index contributed by atoms with van der Waals surface area (Å²) >= 11 is 6.23. The summed E-state index contributed by atoms with van der Waals surface area (Å²) in [7, 11) is 0. The third kappa shape index (κ3) is 4.36. The molecule has 9 heteroatoms. The zero-order chi connectivity index (χ0) is 25.5. The Morgan fingerprint density at radius 1 is 1.14 bits per heavy atom. The number of pyridine rings is 2. The van der Waals surface area contributed by atoms with Crippen molar-refractivity contribution >= 4 is 28.3 Å². The number of halogens is 2. The number of ether oxygens (including phenoxy) is 1. The quantitative estimate of drug-likeness (QED) is 0.400. The number of rotatable bonds is 3. The fraction of sp³-hybridized carbons (Fsp3) is 0.250. The van der Waals surface area contributed by atoms with E-state index in [-0.39, 0.29) is 23.5 Å². The number of nitrogens with one attached hydrogen (secondary N) is 1. The SMILES string of the molecule is N#Cc1cccc(-c2cnc3ncc(-c4cc(F)cc(Cl)c4)c(N4CC[C@@H]5NCCO[C@H]5C4)c3c2)c1O. The number of hydrogen-bond donors (Lipinski definition) is 2. The molecule has 2 aromatic carbocycles. The van der Waals surface area contributed by atoms with Crippen molar-refractivity contribution in [3.8, 4) is 34.1 Å². The van der Waals surface area contributed by atoms with Crippen molar-refractivity contribution in [3.05, 3.63) is 71.3 Å². The van der Waals surface area contributed by atoms with Crippen LogP contribution in [0.15, 0.2) is 54.9 Å². The van der Waals surface area contributed by atoms with Gasteiger partial charge < -0.3 is 20.1 Å². The molecule has 0 unspecified atom stereocenters. The van der Waals surface area contributed by atoms with Crippen LogP contribution in [0, 0.1) is 17.1 Å². The second kappa shape index (κ2) is 9.60. The van der Waals surface area contributed by atoms with Crippen molar-refractivity contribution in [3.63, 3.8) is 0 Å². The Morgan fingerprint density at radius 2 is 2.00 bits per heavy atom. The number of hydrogen-bond acceptors (Lipinski definition) is 7. The first-order valence-corrected chi connectivity index (χ1v) is 12.5. The van der Waals surface area contributed by atoms with Crippen molar-refractivity contribution in [1.82, 2.24) is 15.3 Å². The number of benzene rings is 2. The van der Waals surface area contributed by atoms with Gasteiger partial charge in [-0.05, 0) is 42.3 Å². The number of phenolic OH excluding ortho intramolecular Hbond substituents is 1. The Hall–Kier alpha value is -3.77. The van der Waals surface area contributed by atoms with Gasteiger partial charge in [0.15, 0.2) is 5.65 Å². The summed E-state index contributed by atoms with van der Waals surface area (Å²) in [6.45, 7) is 2.89. The monoisotopic (exact) mass is 515 g/mol. The lowest BCUT2D eigenvalue weighted by molar-refractivity contribution is -0.00896. The van der Waals surface area contributed by atoms with Gasteiger partial charge in [-0.25, -0.2) is 14.4 Å². The average molecular weight is 516 g/mol. The van der Waals surface area contributed by atoms with Crippen LogP contribution in [0.2, 0.25) is 5.02 Å². The minimum absolute atomic E-state index is 0.0159. The van der Waals surface area contributed by atoms with Gasteiger partial charge in [-0.3, -0.25) is 0 Å². The third-order valence-corrected chi connectivity index (χ3v) is 7.27. The molecule has 0 radical (unpaired) electrons. The molecule has 0 saturated carbocycles. The number of aromatic nitrogens is 2. The summed E-state index contributed by atoms with van der Waals surface area (Å²) in [5.74, 6) is -0.534. The number of phenols is 1. The van der Waals surface area contributed by atoms with Crippen LogP contribution < -0.4 is 10.2 Å². The molecule has 2 aromatic heterocycles. The molecule has 4 heterocycles. The van der Waals surface area contributed by atoms with Crippen molar-refractivity contribution < 1.29 is 14.2 Å². The molecule has 6 rings (SSSR count). The van der Waals surface area contributed by atoms with E-state index >= 15 is 0 Å². The van der Waals surface area contributed by atoms with E-state index in [4.69, 9.17) is 16.3 Å². The minimum Gasteiger partial charge on any atom is -0.506 e. The summed E-state index contributed by atoms with van der Waals surface area (Å²) < 4.78 is 20.5. The van der Waals surface area contributed by atoms with Crippen molar-refractivity contribution in [1.29, 1.82) is 5.26 Å². The van der Waals surface area contributed by atoms with Crippen LogP contribution in [0.25, 0.3) is 33.3 Å². The highest BCUT2D eigenvalue weighted by molar-refractivity contribution is 6.31. The van der Waals surface area contributed by atoms with Crippen LogP contribution in [0.4, 0.5) is 10.1 Å². The van der Waals surface area contributed by atoms with Gasteiger partial charge in [0.05, 0.1) is 24.0 Å². The van der Waals surface area contributed by atoms with E-state index < -0.39 is 5.82 Å². The van der Waals surface area contributed by atoms with Crippen LogP contribution in [0.5, 0.6) is 5.75 Å². The predicted molar refractivity (Wildman–Crippen MR) is 140 cm³/mol. The molecule has 2 atom stereocenters. The van der Waals surface area contributed by atoms with E-state index in [1.807, 2.05) is 12.1 Å². The number of morpholine rings is 1. The Morgan fingerprint density at radius 3 is 2.84 bits per heavy atom. The van der Waals surface area contributed by atoms with E-state index in [2.05, 4.69) is 20.2 Å². The topological polar surface area (TPSA) is 94.3 Å². The Bertz CT molecular complexity index is 1540. The van der Waals surface area contributed by atoms with Gasteiger partial charge in [0.2, 0.25) is 0 Å². The maximum absolute atomic E-state index is 14.4. The molecule has 2 N–H and O–H groups in total. The number of nitrogens with zero attached hydrogens (tertiary/aromatic N) is 4. The zero-order valence-corrected chi connectivity index (χ0v) is 20.5. The van der Waals surface area contributed by atoms with Crippen molar-refractivity contribution in [2.75, 3.05) is 31.1 Å². The molecule has 0 amide bonds. The second-order valence-corrected chi connectivity index (χ2v) is 9.73. The lowest BCUT2D eigenvalue weighted by Crippen LogP contribution is -2.57. The van der Waals surface area contributed by atoms with E-state index in [0.717, 1.165) is 36.1 Å². The van der Waals surface area contributed by atoms with E-state index in [9.17, 15) is 14.8 Å². The van der Waals surface area contributed by atoms with Gasteiger partial charge in [0, 0.05) is 65.2 Å².